The molecular formula is C13H22N2O4. The first-order valence-electron chi connectivity index (χ1n) is 6.83. The van der Waals surface area contributed by atoms with Crippen LogP contribution in [-0.2, 0) is 14.3 Å². The maximum absolute atomic E-state index is 11.8. The van der Waals surface area contributed by atoms with Gasteiger partial charge in [0.2, 0.25) is 5.91 Å². The van der Waals surface area contributed by atoms with Crippen LogP contribution in [0.3, 0.4) is 0 Å². The fraction of sp³-hybridized carbons (Fsp3) is 0.846. The van der Waals surface area contributed by atoms with Gasteiger partial charge in [-0.3, -0.25) is 4.79 Å². The predicted octanol–water partition coefficient (Wildman–Crippen LogP) is 0.0287. The summed E-state index contributed by atoms with van der Waals surface area (Å²) in [6.07, 6.45) is 1.02. The van der Waals surface area contributed by atoms with Gasteiger partial charge in [-0.25, -0.2) is 4.79 Å². The van der Waals surface area contributed by atoms with E-state index in [1.54, 1.807) is 0 Å². The van der Waals surface area contributed by atoms with Crippen molar-refractivity contribution in [3.63, 3.8) is 0 Å². The van der Waals surface area contributed by atoms with E-state index in [-0.39, 0.29) is 19.1 Å². The fourth-order valence-corrected chi connectivity index (χ4v) is 2.80. The first-order chi connectivity index (χ1) is 8.99. The van der Waals surface area contributed by atoms with Crippen LogP contribution in [0.1, 0.15) is 20.3 Å². The minimum Gasteiger partial charge on any atom is -0.480 e. The predicted molar refractivity (Wildman–Crippen MR) is 68.8 cm³/mol. The van der Waals surface area contributed by atoms with Gasteiger partial charge in [-0.15, -0.1) is 0 Å². The van der Waals surface area contributed by atoms with Crippen molar-refractivity contribution in [1.29, 1.82) is 0 Å². The Morgan fingerprint density at radius 3 is 2.84 bits per heavy atom. The van der Waals surface area contributed by atoms with E-state index in [1.165, 1.54) is 4.90 Å². The summed E-state index contributed by atoms with van der Waals surface area (Å²) in [4.78, 5) is 26.9. The highest BCUT2D eigenvalue weighted by Gasteiger charge is 2.36. The van der Waals surface area contributed by atoms with Gasteiger partial charge in [-0.1, -0.05) is 0 Å². The number of ether oxygens (including phenoxy) is 1. The number of hydrogen-bond donors (Lipinski definition) is 1. The molecule has 2 saturated heterocycles. The van der Waals surface area contributed by atoms with Crippen molar-refractivity contribution in [2.24, 2.45) is 5.92 Å². The topological polar surface area (TPSA) is 70.1 Å². The highest BCUT2D eigenvalue weighted by molar-refractivity contribution is 5.85. The zero-order valence-electron chi connectivity index (χ0n) is 11.5. The average molecular weight is 270 g/mol. The zero-order chi connectivity index (χ0) is 14.0. The van der Waals surface area contributed by atoms with Crippen LogP contribution >= 0.6 is 0 Å². The molecule has 2 fully saturated rings. The van der Waals surface area contributed by atoms with Gasteiger partial charge in [0.1, 0.15) is 6.61 Å². The summed E-state index contributed by atoms with van der Waals surface area (Å²) in [6, 6.07) is -0.324. The largest absolute Gasteiger partial charge is 0.480 e. The van der Waals surface area contributed by atoms with Gasteiger partial charge >= 0.3 is 5.97 Å². The number of rotatable bonds is 4. The summed E-state index contributed by atoms with van der Waals surface area (Å²) in [7, 11) is 0. The van der Waals surface area contributed by atoms with E-state index in [1.807, 2.05) is 0 Å². The van der Waals surface area contributed by atoms with Gasteiger partial charge in [0, 0.05) is 19.1 Å². The Morgan fingerprint density at radius 2 is 2.26 bits per heavy atom. The lowest BCUT2D eigenvalue weighted by atomic mass is 10.1. The molecule has 1 amide bonds. The van der Waals surface area contributed by atoms with Crippen LogP contribution in [0.5, 0.6) is 0 Å². The maximum Gasteiger partial charge on any atom is 0.328 e. The fourth-order valence-electron chi connectivity index (χ4n) is 2.80. The summed E-state index contributed by atoms with van der Waals surface area (Å²) in [5.74, 6) is -0.820. The summed E-state index contributed by atoms with van der Waals surface area (Å²) in [5, 5.41) is 9.16. The molecule has 0 aliphatic carbocycles. The van der Waals surface area contributed by atoms with Crippen molar-refractivity contribution in [3.05, 3.63) is 0 Å². The highest BCUT2D eigenvalue weighted by atomic mass is 16.5. The van der Waals surface area contributed by atoms with Crippen LogP contribution in [0.15, 0.2) is 0 Å². The standard InChI is InChI=1S/C13H22N2O4/c1-9(2)14-4-3-10(5-14)6-15-11(13(17)18)7-19-8-12(15)16/h9-11H,3-8H2,1-2H3,(H,17,18). The van der Waals surface area contributed by atoms with E-state index in [0.717, 1.165) is 19.5 Å². The van der Waals surface area contributed by atoms with Crippen LogP contribution in [0, 0.1) is 5.92 Å². The Morgan fingerprint density at radius 1 is 1.53 bits per heavy atom. The van der Waals surface area contributed by atoms with Crippen LogP contribution in [-0.4, -0.2) is 71.7 Å². The van der Waals surface area contributed by atoms with Crippen LogP contribution < -0.4 is 0 Å². The van der Waals surface area contributed by atoms with Crippen molar-refractivity contribution in [2.75, 3.05) is 32.8 Å². The SMILES string of the molecule is CC(C)N1CCC(CN2C(=O)COCC2C(=O)O)C1. The number of carboxylic acid groups (broad SMARTS) is 1. The van der Waals surface area contributed by atoms with Crippen LogP contribution in [0.2, 0.25) is 0 Å². The number of likely N-dealkylation sites (tertiary alicyclic amines) is 1. The molecule has 0 radical (unpaired) electrons. The first-order valence-corrected chi connectivity index (χ1v) is 6.83. The van der Waals surface area contributed by atoms with E-state index >= 15 is 0 Å². The summed E-state index contributed by atoms with van der Waals surface area (Å²) < 4.78 is 5.03. The van der Waals surface area contributed by atoms with Gasteiger partial charge in [-0.05, 0) is 32.7 Å². The molecule has 108 valence electrons. The number of nitrogens with zero attached hydrogens (tertiary/aromatic N) is 2. The maximum atomic E-state index is 11.8. The van der Waals surface area contributed by atoms with Crippen molar-refractivity contribution < 1.29 is 19.4 Å². The second kappa shape index (κ2) is 5.88. The molecular weight excluding hydrogens is 248 g/mol. The Kier molecular flexibility index (Phi) is 4.42. The number of carboxylic acids is 1. The normalized spacial score (nSPS) is 29.2. The number of carbonyl (C=O) groups excluding carboxylic acids is 1. The Bertz CT molecular complexity index is 359. The summed E-state index contributed by atoms with van der Waals surface area (Å²) in [6.45, 7) is 6.91. The number of amides is 1. The van der Waals surface area contributed by atoms with Gasteiger partial charge in [0.05, 0.1) is 6.61 Å². The quantitative estimate of drug-likeness (QED) is 0.780. The van der Waals surface area contributed by atoms with Gasteiger partial charge in [0.15, 0.2) is 6.04 Å². The molecule has 2 aliphatic heterocycles. The van der Waals surface area contributed by atoms with E-state index in [9.17, 15) is 9.59 Å². The zero-order valence-corrected chi connectivity index (χ0v) is 11.5. The molecule has 2 heterocycles. The van der Waals surface area contributed by atoms with Crippen molar-refractivity contribution >= 4 is 11.9 Å². The molecule has 2 unspecified atom stereocenters. The molecule has 19 heavy (non-hydrogen) atoms. The number of aliphatic carboxylic acids is 1. The van der Waals surface area contributed by atoms with Gasteiger partial charge in [-0.2, -0.15) is 0 Å². The minimum atomic E-state index is -0.980. The molecule has 2 aliphatic rings. The Hall–Kier alpha value is -1.14. The smallest absolute Gasteiger partial charge is 0.328 e. The number of morpholine rings is 1. The number of hydrogen-bond acceptors (Lipinski definition) is 4. The lowest BCUT2D eigenvalue weighted by Gasteiger charge is -2.34. The Balaban J connectivity index is 1.96. The number of carbonyl (C=O) groups is 2. The third-order valence-electron chi connectivity index (χ3n) is 3.99. The second-order valence-electron chi connectivity index (χ2n) is 5.66. The molecule has 2 rings (SSSR count). The molecule has 6 nitrogen and oxygen atoms in total. The lowest BCUT2D eigenvalue weighted by Crippen LogP contribution is -2.54. The van der Waals surface area contributed by atoms with Crippen molar-refractivity contribution in [1.82, 2.24) is 9.80 Å². The third kappa shape index (κ3) is 3.25. The van der Waals surface area contributed by atoms with Crippen LogP contribution in [0.25, 0.3) is 0 Å². The molecule has 0 aromatic carbocycles. The first kappa shape index (κ1) is 14.3. The minimum absolute atomic E-state index is 0.00436. The monoisotopic (exact) mass is 270 g/mol. The Labute approximate surface area is 113 Å². The molecule has 0 aromatic rings. The third-order valence-corrected chi connectivity index (χ3v) is 3.99. The van der Waals surface area contributed by atoms with Crippen molar-refractivity contribution in [2.45, 2.75) is 32.4 Å². The van der Waals surface area contributed by atoms with Gasteiger partial charge < -0.3 is 19.6 Å². The van der Waals surface area contributed by atoms with E-state index in [0.29, 0.717) is 18.5 Å². The van der Waals surface area contributed by atoms with Crippen molar-refractivity contribution in [3.8, 4) is 0 Å². The molecule has 0 aromatic heterocycles. The van der Waals surface area contributed by atoms with E-state index in [4.69, 9.17) is 9.84 Å². The second-order valence-corrected chi connectivity index (χ2v) is 5.66. The molecule has 2 atom stereocenters. The molecule has 0 saturated carbocycles. The molecule has 1 N–H and O–H groups in total. The lowest BCUT2D eigenvalue weighted by molar-refractivity contribution is -0.163. The summed E-state index contributed by atoms with van der Waals surface area (Å²) in [5.41, 5.74) is 0. The summed E-state index contributed by atoms with van der Waals surface area (Å²) >= 11 is 0. The van der Waals surface area contributed by atoms with E-state index in [2.05, 4.69) is 18.7 Å². The highest BCUT2D eigenvalue weighted by Crippen LogP contribution is 2.21. The van der Waals surface area contributed by atoms with E-state index < -0.39 is 12.0 Å². The molecule has 6 heteroatoms. The van der Waals surface area contributed by atoms with Gasteiger partial charge in [0.25, 0.3) is 0 Å². The molecule has 0 bridgehead atoms. The van der Waals surface area contributed by atoms with Crippen LogP contribution in [0.4, 0.5) is 0 Å². The average Bonchev–Trinajstić information content (AvgIpc) is 2.80. The molecule has 0 spiro atoms.